The van der Waals surface area contributed by atoms with E-state index in [0.29, 0.717) is 0 Å². The lowest BCUT2D eigenvalue weighted by atomic mass is 10.1. The lowest BCUT2D eigenvalue weighted by molar-refractivity contribution is 0.401. The molecule has 25 heavy (non-hydrogen) atoms. The van der Waals surface area contributed by atoms with Crippen molar-refractivity contribution in [2.24, 2.45) is 0 Å². The predicted octanol–water partition coefficient (Wildman–Crippen LogP) is 4.83. The highest BCUT2D eigenvalue weighted by Gasteiger charge is 2.18. The normalized spacial score (nSPS) is 11.1. The zero-order valence-electron chi connectivity index (χ0n) is 15.4. The molecule has 0 unspecified atom stereocenters. The third kappa shape index (κ3) is 3.94. The third-order valence-corrected chi connectivity index (χ3v) is 4.88. The summed E-state index contributed by atoms with van der Waals surface area (Å²) in [7, 11) is 4.07. The first-order valence-electron chi connectivity index (χ1n) is 8.28. The van der Waals surface area contributed by atoms with Gasteiger partial charge in [0.1, 0.15) is 0 Å². The van der Waals surface area contributed by atoms with Crippen molar-refractivity contribution in [3.05, 3.63) is 59.2 Å². The summed E-state index contributed by atoms with van der Waals surface area (Å²) >= 11 is 1.68. The fraction of sp³-hybridized carbons (Fsp3) is 0.286. The summed E-state index contributed by atoms with van der Waals surface area (Å²) in [5.74, 6) is 7.55. The van der Waals surface area contributed by atoms with Gasteiger partial charge in [0.05, 0.1) is 9.75 Å². The van der Waals surface area contributed by atoms with Crippen LogP contribution in [0.4, 0.5) is 5.69 Å². The molecule has 2 heterocycles. The van der Waals surface area contributed by atoms with Crippen LogP contribution in [0.2, 0.25) is 0 Å². The second kappa shape index (κ2) is 6.78. The number of imidazole rings is 1. The second-order valence-corrected chi connectivity index (χ2v) is 8.23. The minimum atomic E-state index is 0.00822. The molecule has 0 atom stereocenters. The Labute approximate surface area is 154 Å². The Hall–Kier alpha value is -2.51. The minimum absolute atomic E-state index is 0.00822. The average Bonchev–Trinajstić information content (AvgIpc) is 3.21. The van der Waals surface area contributed by atoms with E-state index in [0.717, 1.165) is 26.8 Å². The molecule has 0 saturated heterocycles. The van der Waals surface area contributed by atoms with Crippen LogP contribution in [0.1, 0.15) is 31.2 Å². The number of nitrogens with zero attached hydrogens (tertiary/aromatic N) is 3. The summed E-state index contributed by atoms with van der Waals surface area (Å²) in [6.07, 6.45) is 3.89. The first-order chi connectivity index (χ1) is 11.8. The summed E-state index contributed by atoms with van der Waals surface area (Å²) in [5.41, 5.74) is 2.19. The molecule has 2 aromatic heterocycles. The van der Waals surface area contributed by atoms with E-state index in [1.165, 1.54) is 0 Å². The molecule has 0 amide bonds. The van der Waals surface area contributed by atoms with Gasteiger partial charge in [-0.2, -0.15) is 0 Å². The number of rotatable bonds is 2. The fourth-order valence-electron chi connectivity index (χ4n) is 2.55. The molecular formula is C21H23N3S. The lowest BCUT2D eigenvalue weighted by Crippen LogP contribution is -2.21. The molecule has 0 bridgehead atoms. The molecule has 0 saturated carbocycles. The number of benzene rings is 1. The monoisotopic (exact) mass is 349 g/mol. The standard InChI is InChI=1S/C21H23N3S/c1-21(2,3)24-14-13-22-20(24)19-12-11-18(25-19)10-9-16-7-6-8-17(15-16)23(4)5/h6-8,11-15H,1-5H3. The topological polar surface area (TPSA) is 21.1 Å². The van der Waals surface area contributed by atoms with E-state index in [1.807, 2.05) is 38.6 Å². The fourth-order valence-corrected chi connectivity index (χ4v) is 3.40. The van der Waals surface area contributed by atoms with Crippen LogP contribution in [0.5, 0.6) is 0 Å². The largest absolute Gasteiger partial charge is 0.378 e. The SMILES string of the molecule is CN(C)c1cccc(C#Cc2ccc(-c3nccn3C(C)(C)C)s2)c1. The maximum Gasteiger partial charge on any atom is 0.150 e. The quantitative estimate of drug-likeness (QED) is 0.618. The highest BCUT2D eigenvalue weighted by molar-refractivity contribution is 7.15. The van der Waals surface area contributed by atoms with Crippen LogP contribution in [-0.2, 0) is 5.54 Å². The van der Waals surface area contributed by atoms with Crippen LogP contribution in [-0.4, -0.2) is 23.6 Å². The Kier molecular flexibility index (Phi) is 4.69. The molecule has 0 aliphatic carbocycles. The zero-order valence-corrected chi connectivity index (χ0v) is 16.2. The molecular weight excluding hydrogens is 326 g/mol. The van der Waals surface area contributed by atoms with Crippen molar-refractivity contribution in [1.29, 1.82) is 0 Å². The van der Waals surface area contributed by atoms with Crippen molar-refractivity contribution >= 4 is 17.0 Å². The lowest BCUT2D eigenvalue weighted by Gasteiger charge is -2.22. The van der Waals surface area contributed by atoms with Gasteiger partial charge in [0.15, 0.2) is 5.82 Å². The first kappa shape index (κ1) is 17.3. The van der Waals surface area contributed by atoms with Crippen molar-refractivity contribution in [1.82, 2.24) is 9.55 Å². The molecule has 0 fully saturated rings. The van der Waals surface area contributed by atoms with E-state index in [4.69, 9.17) is 0 Å². The number of thiophene rings is 1. The van der Waals surface area contributed by atoms with Gasteiger partial charge in [-0.25, -0.2) is 4.98 Å². The Bertz CT molecular complexity index is 930. The van der Waals surface area contributed by atoms with Crippen molar-refractivity contribution in [3.8, 4) is 22.5 Å². The molecule has 0 N–H and O–H groups in total. The van der Waals surface area contributed by atoms with E-state index in [9.17, 15) is 0 Å². The summed E-state index contributed by atoms with van der Waals surface area (Å²) < 4.78 is 2.20. The Morgan fingerprint density at radius 1 is 1.08 bits per heavy atom. The second-order valence-electron chi connectivity index (χ2n) is 7.15. The van der Waals surface area contributed by atoms with Crippen molar-refractivity contribution in [3.63, 3.8) is 0 Å². The summed E-state index contributed by atoms with van der Waals surface area (Å²) in [4.78, 5) is 8.81. The Morgan fingerprint density at radius 2 is 1.88 bits per heavy atom. The number of hydrogen-bond donors (Lipinski definition) is 0. The van der Waals surface area contributed by atoms with Crippen molar-refractivity contribution < 1.29 is 0 Å². The molecule has 0 aliphatic heterocycles. The summed E-state index contributed by atoms with van der Waals surface area (Å²) in [6.45, 7) is 6.55. The van der Waals surface area contributed by atoms with Crippen LogP contribution in [0.3, 0.4) is 0 Å². The Morgan fingerprint density at radius 3 is 2.60 bits per heavy atom. The van der Waals surface area contributed by atoms with Crippen molar-refractivity contribution in [2.45, 2.75) is 26.3 Å². The van der Waals surface area contributed by atoms with Crippen LogP contribution in [0.15, 0.2) is 48.8 Å². The molecule has 128 valence electrons. The highest BCUT2D eigenvalue weighted by Crippen LogP contribution is 2.30. The van der Waals surface area contributed by atoms with Gasteiger partial charge in [-0.1, -0.05) is 17.9 Å². The number of hydrogen-bond acceptors (Lipinski definition) is 3. The zero-order chi connectivity index (χ0) is 18.0. The van der Waals surface area contributed by atoms with Gasteiger partial charge < -0.3 is 9.47 Å². The van der Waals surface area contributed by atoms with Gasteiger partial charge in [-0.3, -0.25) is 0 Å². The van der Waals surface area contributed by atoms with Gasteiger partial charge in [-0.15, -0.1) is 11.3 Å². The van der Waals surface area contributed by atoms with Gasteiger partial charge in [0.25, 0.3) is 0 Å². The maximum absolute atomic E-state index is 4.54. The number of aromatic nitrogens is 2. The maximum atomic E-state index is 4.54. The van der Waals surface area contributed by atoms with Crippen LogP contribution in [0, 0.1) is 11.8 Å². The Balaban J connectivity index is 1.87. The van der Waals surface area contributed by atoms with Gasteiger partial charge in [0, 0.05) is 43.3 Å². The van der Waals surface area contributed by atoms with Crippen LogP contribution < -0.4 is 4.90 Å². The van der Waals surface area contributed by atoms with E-state index in [1.54, 1.807) is 11.3 Å². The number of anilines is 1. The molecule has 3 nitrogen and oxygen atoms in total. The molecule has 0 spiro atoms. The predicted molar refractivity (Wildman–Crippen MR) is 107 cm³/mol. The average molecular weight is 350 g/mol. The summed E-state index contributed by atoms with van der Waals surface area (Å²) in [5, 5.41) is 0. The van der Waals surface area contributed by atoms with E-state index in [2.05, 4.69) is 71.3 Å². The first-order valence-corrected chi connectivity index (χ1v) is 9.10. The van der Waals surface area contributed by atoms with Crippen LogP contribution in [0.25, 0.3) is 10.7 Å². The van der Waals surface area contributed by atoms with Crippen LogP contribution >= 0.6 is 11.3 Å². The molecule has 4 heteroatoms. The van der Waals surface area contributed by atoms with Gasteiger partial charge in [-0.05, 0) is 51.1 Å². The minimum Gasteiger partial charge on any atom is -0.378 e. The smallest absolute Gasteiger partial charge is 0.150 e. The molecule has 3 aromatic rings. The molecule has 1 aromatic carbocycles. The van der Waals surface area contributed by atoms with Crippen molar-refractivity contribution in [2.75, 3.05) is 19.0 Å². The highest BCUT2D eigenvalue weighted by atomic mass is 32.1. The molecule has 3 rings (SSSR count). The van der Waals surface area contributed by atoms with Gasteiger partial charge in [0.2, 0.25) is 0 Å². The van der Waals surface area contributed by atoms with E-state index in [-0.39, 0.29) is 5.54 Å². The van der Waals surface area contributed by atoms with Gasteiger partial charge >= 0.3 is 0 Å². The molecule has 0 radical (unpaired) electrons. The molecule has 0 aliphatic rings. The summed E-state index contributed by atoms with van der Waals surface area (Å²) in [6, 6.07) is 12.5. The van der Waals surface area contributed by atoms with E-state index >= 15 is 0 Å². The third-order valence-electron chi connectivity index (χ3n) is 3.88. The van der Waals surface area contributed by atoms with E-state index < -0.39 is 0 Å².